The lowest BCUT2D eigenvalue weighted by Crippen LogP contribution is -2.33. The third kappa shape index (κ3) is 3.68. The lowest BCUT2D eigenvalue weighted by Gasteiger charge is -2.29. The van der Waals surface area contributed by atoms with Gasteiger partial charge in [-0.2, -0.15) is 0 Å². The normalized spacial score (nSPS) is 13.3. The lowest BCUT2D eigenvalue weighted by molar-refractivity contribution is 0.216. The minimum atomic E-state index is 0.565. The monoisotopic (exact) mass is 293 g/mol. The van der Waals surface area contributed by atoms with Crippen molar-refractivity contribution in [3.8, 4) is 0 Å². The van der Waals surface area contributed by atoms with Crippen LogP contribution in [0.2, 0.25) is 0 Å². The van der Waals surface area contributed by atoms with Crippen LogP contribution in [0.25, 0.3) is 0 Å². The molecule has 1 unspecified atom stereocenters. The molecule has 0 bridgehead atoms. The van der Waals surface area contributed by atoms with Crippen molar-refractivity contribution in [2.24, 2.45) is 0 Å². The van der Waals surface area contributed by atoms with Crippen LogP contribution in [0.4, 0.5) is 0 Å². The largest absolute Gasteiger partial charge is 0.301 e. The number of rotatable bonds is 7. The molecule has 0 spiro atoms. The number of nitrogens with zero attached hydrogens (tertiary/aromatic N) is 1. The second-order valence-corrected chi connectivity index (χ2v) is 6.85. The van der Waals surface area contributed by atoms with Gasteiger partial charge in [0.05, 0.1) is 0 Å². The molecule has 1 atom stereocenters. The molecule has 2 aromatic heterocycles. The van der Waals surface area contributed by atoms with Crippen LogP contribution in [-0.2, 0) is 0 Å². The Labute approximate surface area is 124 Å². The van der Waals surface area contributed by atoms with Crippen LogP contribution in [0.5, 0.6) is 0 Å². The fourth-order valence-corrected chi connectivity index (χ4v) is 4.48. The van der Waals surface area contributed by atoms with E-state index in [1.54, 1.807) is 0 Å². The van der Waals surface area contributed by atoms with Gasteiger partial charge in [-0.1, -0.05) is 26.0 Å². The minimum Gasteiger partial charge on any atom is -0.301 e. The summed E-state index contributed by atoms with van der Waals surface area (Å²) in [5.74, 6) is 0.565. The third-order valence-corrected chi connectivity index (χ3v) is 5.76. The predicted molar refractivity (Wildman–Crippen MR) is 87.5 cm³/mol. The molecular weight excluding hydrogens is 270 g/mol. The Bertz CT molecular complexity index is 409. The van der Waals surface area contributed by atoms with E-state index in [0.29, 0.717) is 12.0 Å². The van der Waals surface area contributed by atoms with Crippen LogP contribution in [0.3, 0.4) is 0 Å². The van der Waals surface area contributed by atoms with Crippen molar-refractivity contribution in [1.82, 2.24) is 4.90 Å². The average Bonchev–Trinajstić information content (AvgIpc) is 3.11. The van der Waals surface area contributed by atoms with Crippen LogP contribution in [0.1, 0.15) is 42.9 Å². The van der Waals surface area contributed by atoms with E-state index in [1.165, 1.54) is 16.2 Å². The Kier molecular flexibility index (Phi) is 5.61. The van der Waals surface area contributed by atoms with Crippen LogP contribution >= 0.6 is 22.7 Å². The van der Waals surface area contributed by atoms with Crippen LogP contribution in [0.15, 0.2) is 35.0 Å². The van der Waals surface area contributed by atoms with E-state index >= 15 is 0 Å². The first-order valence-electron chi connectivity index (χ1n) is 7.07. The smallest absolute Gasteiger partial charge is 0.0292 e. The van der Waals surface area contributed by atoms with Crippen molar-refractivity contribution in [1.29, 1.82) is 0 Å². The van der Waals surface area contributed by atoms with Gasteiger partial charge in [0.1, 0.15) is 0 Å². The van der Waals surface area contributed by atoms with Crippen molar-refractivity contribution < 1.29 is 0 Å². The van der Waals surface area contributed by atoms with Crippen LogP contribution in [0, 0.1) is 0 Å². The molecule has 0 aliphatic rings. The number of thiophene rings is 2. The standard InChI is InChI=1S/C16H23NS2/c1-4-17(5-2)13(3)12-14(15-8-6-10-18-15)16-9-7-11-19-16/h6-11,13-14H,4-5,12H2,1-3H3. The van der Waals surface area contributed by atoms with Crippen molar-refractivity contribution >= 4 is 22.7 Å². The molecule has 2 aromatic rings. The van der Waals surface area contributed by atoms with E-state index < -0.39 is 0 Å². The molecule has 2 rings (SSSR count). The summed E-state index contributed by atoms with van der Waals surface area (Å²) in [4.78, 5) is 5.55. The molecule has 0 fully saturated rings. The SMILES string of the molecule is CCN(CC)C(C)CC(c1cccs1)c1cccs1. The molecule has 0 N–H and O–H groups in total. The molecule has 3 heteroatoms. The fourth-order valence-electron chi connectivity index (χ4n) is 2.69. The van der Waals surface area contributed by atoms with Gasteiger partial charge in [-0.05, 0) is 49.3 Å². The van der Waals surface area contributed by atoms with Gasteiger partial charge in [0, 0.05) is 21.7 Å². The first kappa shape index (κ1) is 14.8. The molecule has 104 valence electrons. The molecule has 2 heterocycles. The average molecular weight is 294 g/mol. The van der Waals surface area contributed by atoms with Crippen LogP contribution in [-0.4, -0.2) is 24.0 Å². The van der Waals surface area contributed by atoms with E-state index in [9.17, 15) is 0 Å². The molecule has 19 heavy (non-hydrogen) atoms. The van der Waals surface area contributed by atoms with Crippen molar-refractivity contribution in [3.63, 3.8) is 0 Å². The molecule has 0 radical (unpaired) electrons. The summed E-state index contributed by atoms with van der Waals surface area (Å²) in [6, 6.07) is 9.53. The van der Waals surface area contributed by atoms with Gasteiger partial charge in [0.25, 0.3) is 0 Å². The zero-order chi connectivity index (χ0) is 13.7. The Hall–Kier alpha value is -0.640. The summed E-state index contributed by atoms with van der Waals surface area (Å²) >= 11 is 3.77. The van der Waals surface area contributed by atoms with Gasteiger partial charge in [-0.3, -0.25) is 0 Å². The maximum atomic E-state index is 2.55. The molecule has 0 amide bonds. The van der Waals surface area contributed by atoms with Crippen molar-refractivity contribution in [2.45, 2.75) is 39.2 Å². The molecule has 0 aromatic carbocycles. The third-order valence-electron chi connectivity index (χ3n) is 3.79. The van der Waals surface area contributed by atoms with Crippen LogP contribution < -0.4 is 0 Å². The Morgan fingerprint density at radius 3 is 1.89 bits per heavy atom. The highest BCUT2D eigenvalue weighted by molar-refractivity contribution is 7.11. The summed E-state index contributed by atoms with van der Waals surface area (Å²) in [6.45, 7) is 9.15. The molecule has 0 saturated heterocycles. The second kappa shape index (κ2) is 7.22. The summed E-state index contributed by atoms with van der Waals surface area (Å²) in [5, 5.41) is 4.38. The number of hydrogen-bond acceptors (Lipinski definition) is 3. The minimum absolute atomic E-state index is 0.565. The van der Waals surface area contributed by atoms with Crippen molar-refractivity contribution in [3.05, 3.63) is 44.8 Å². The van der Waals surface area contributed by atoms with E-state index in [2.05, 4.69) is 60.7 Å². The van der Waals surface area contributed by atoms with E-state index in [-0.39, 0.29) is 0 Å². The fraction of sp³-hybridized carbons (Fsp3) is 0.500. The molecule has 1 nitrogen and oxygen atoms in total. The summed E-state index contributed by atoms with van der Waals surface area (Å²) in [6.07, 6.45) is 1.21. The van der Waals surface area contributed by atoms with Gasteiger partial charge in [0.2, 0.25) is 0 Å². The Morgan fingerprint density at radius 2 is 1.53 bits per heavy atom. The zero-order valence-corrected chi connectivity index (χ0v) is 13.6. The predicted octanol–water partition coefficient (Wildman–Crippen LogP) is 5.06. The Balaban J connectivity index is 2.15. The first-order valence-corrected chi connectivity index (χ1v) is 8.83. The van der Waals surface area contributed by atoms with Gasteiger partial charge >= 0.3 is 0 Å². The van der Waals surface area contributed by atoms with Gasteiger partial charge < -0.3 is 4.90 Å². The topological polar surface area (TPSA) is 3.24 Å². The summed E-state index contributed by atoms with van der Waals surface area (Å²) in [5.41, 5.74) is 0. The Morgan fingerprint density at radius 1 is 1.00 bits per heavy atom. The van der Waals surface area contributed by atoms with E-state index in [0.717, 1.165) is 13.1 Å². The first-order chi connectivity index (χ1) is 9.26. The van der Waals surface area contributed by atoms with Gasteiger partial charge in [-0.15, -0.1) is 22.7 Å². The van der Waals surface area contributed by atoms with E-state index in [4.69, 9.17) is 0 Å². The van der Waals surface area contributed by atoms with Gasteiger partial charge in [-0.25, -0.2) is 0 Å². The quantitative estimate of drug-likeness (QED) is 0.689. The van der Waals surface area contributed by atoms with E-state index in [1.807, 2.05) is 22.7 Å². The van der Waals surface area contributed by atoms with Crippen molar-refractivity contribution in [2.75, 3.05) is 13.1 Å². The highest BCUT2D eigenvalue weighted by atomic mass is 32.1. The zero-order valence-electron chi connectivity index (χ0n) is 12.0. The second-order valence-electron chi connectivity index (χ2n) is 4.89. The lowest BCUT2D eigenvalue weighted by atomic mass is 9.96. The number of hydrogen-bond donors (Lipinski definition) is 0. The molecule has 0 aliphatic heterocycles. The molecule has 0 saturated carbocycles. The summed E-state index contributed by atoms with van der Waals surface area (Å²) in [7, 11) is 0. The van der Waals surface area contributed by atoms with Gasteiger partial charge in [0.15, 0.2) is 0 Å². The molecular formula is C16H23NS2. The maximum Gasteiger partial charge on any atom is 0.0292 e. The molecule has 0 aliphatic carbocycles. The highest BCUT2D eigenvalue weighted by Gasteiger charge is 2.21. The maximum absolute atomic E-state index is 2.55. The highest BCUT2D eigenvalue weighted by Crippen LogP contribution is 2.35. The summed E-state index contributed by atoms with van der Waals surface area (Å²) < 4.78 is 0.